The average molecular weight is 394 g/mol. The summed E-state index contributed by atoms with van der Waals surface area (Å²) in [6, 6.07) is 5.75. The molecule has 1 aromatic rings. The maximum Gasteiger partial charge on any atom is 0.237 e. The van der Waals surface area contributed by atoms with E-state index in [0.717, 1.165) is 38.2 Å². The number of carbonyl (C=O) groups excluding carboxylic acids is 1. The van der Waals surface area contributed by atoms with Crippen molar-refractivity contribution in [2.24, 2.45) is 0 Å². The summed E-state index contributed by atoms with van der Waals surface area (Å²) < 4.78 is 10.5. The number of methoxy groups -OCH3 is 2. The highest BCUT2D eigenvalue weighted by Crippen LogP contribution is 2.27. The minimum absolute atomic E-state index is 0. The van der Waals surface area contributed by atoms with Crippen LogP contribution >= 0.6 is 24.8 Å². The molecule has 1 saturated heterocycles. The van der Waals surface area contributed by atoms with Crippen LogP contribution in [0.15, 0.2) is 18.2 Å². The molecule has 25 heavy (non-hydrogen) atoms. The second-order valence-corrected chi connectivity index (χ2v) is 5.69. The van der Waals surface area contributed by atoms with Gasteiger partial charge < -0.3 is 20.1 Å². The Balaban J connectivity index is 0.00000288. The molecule has 1 fully saturated rings. The van der Waals surface area contributed by atoms with Crippen LogP contribution in [0.5, 0.6) is 11.5 Å². The van der Waals surface area contributed by atoms with Crippen molar-refractivity contribution in [3.63, 3.8) is 0 Å². The first-order valence-corrected chi connectivity index (χ1v) is 8.09. The van der Waals surface area contributed by atoms with Gasteiger partial charge in [0.25, 0.3) is 0 Å². The highest BCUT2D eigenvalue weighted by molar-refractivity contribution is 5.85. The van der Waals surface area contributed by atoms with Crippen LogP contribution in [-0.2, 0) is 11.2 Å². The Bertz CT molecular complexity index is 526. The fraction of sp³-hybridized carbons (Fsp3) is 0.588. The molecule has 1 unspecified atom stereocenters. The first-order chi connectivity index (χ1) is 11.2. The van der Waals surface area contributed by atoms with Crippen LogP contribution in [0, 0.1) is 0 Å². The standard InChI is InChI=1S/C17H27N3O3.2ClH/c1-13(20-10-8-18-9-11-20)17(21)19-7-6-14-4-5-15(22-2)16(12-14)23-3;;/h4-5,12-13,18H,6-11H2,1-3H3,(H,19,21);2*1H. The molecule has 1 heterocycles. The third kappa shape index (κ3) is 6.90. The van der Waals surface area contributed by atoms with Gasteiger partial charge in [0.2, 0.25) is 5.91 Å². The molecule has 0 aromatic heterocycles. The van der Waals surface area contributed by atoms with Gasteiger partial charge >= 0.3 is 0 Å². The van der Waals surface area contributed by atoms with Gasteiger partial charge in [-0.25, -0.2) is 0 Å². The Morgan fingerprint density at radius 3 is 2.44 bits per heavy atom. The van der Waals surface area contributed by atoms with Gasteiger partial charge in [0, 0.05) is 32.7 Å². The van der Waals surface area contributed by atoms with E-state index in [-0.39, 0.29) is 36.8 Å². The fourth-order valence-corrected chi connectivity index (χ4v) is 2.75. The number of ether oxygens (including phenoxy) is 2. The van der Waals surface area contributed by atoms with Gasteiger partial charge in [-0.3, -0.25) is 9.69 Å². The van der Waals surface area contributed by atoms with Crippen molar-refractivity contribution in [2.75, 3.05) is 46.9 Å². The van der Waals surface area contributed by atoms with Gasteiger partial charge in [0.05, 0.1) is 20.3 Å². The molecule has 1 aliphatic rings. The smallest absolute Gasteiger partial charge is 0.237 e. The van der Waals surface area contributed by atoms with Crippen LogP contribution in [0.1, 0.15) is 12.5 Å². The molecule has 0 radical (unpaired) electrons. The van der Waals surface area contributed by atoms with Gasteiger partial charge in [-0.05, 0) is 31.0 Å². The number of hydrogen-bond acceptors (Lipinski definition) is 5. The molecule has 1 atom stereocenters. The topological polar surface area (TPSA) is 62.8 Å². The van der Waals surface area contributed by atoms with Gasteiger partial charge in [0.1, 0.15) is 0 Å². The van der Waals surface area contributed by atoms with Crippen LogP contribution in [0.25, 0.3) is 0 Å². The fourth-order valence-electron chi connectivity index (χ4n) is 2.75. The molecule has 6 nitrogen and oxygen atoms in total. The van der Waals surface area contributed by atoms with Crippen molar-refractivity contribution in [3.8, 4) is 11.5 Å². The minimum Gasteiger partial charge on any atom is -0.493 e. The third-order valence-corrected chi connectivity index (χ3v) is 4.24. The maximum absolute atomic E-state index is 12.2. The number of nitrogens with one attached hydrogen (secondary N) is 2. The molecular weight excluding hydrogens is 365 g/mol. The van der Waals surface area contributed by atoms with E-state index in [1.54, 1.807) is 14.2 Å². The molecule has 0 spiro atoms. The first kappa shape index (κ1) is 23.8. The lowest BCUT2D eigenvalue weighted by Gasteiger charge is -2.31. The van der Waals surface area contributed by atoms with Crippen molar-refractivity contribution >= 4 is 30.7 Å². The molecule has 1 aromatic carbocycles. The molecule has 1 aliphatic heterocycles. The lowest BCUT2D eigenvalue weighted by Crippen LogP contribution is -2.52. The average Bonchev–Trinajstić information content (AvgIpc) is 2.61. The predicted octanol–water partition coefficient (Wildman–Crippen LogP) is 1.50. The SMILES string of the molecule is COc1ccc(CCNC(=O)C(C)N2CCNCC2)cc1OC.Cl.Cl. The van der Waals surface area contributed by atoms with Crippen LogP contribution in [0.4, 0.5) is 0 Å². The van der Waals surface area contributed by atoms with E-state index in [0.29, 0.717) is 18.0 Å². The zero-order valence-electron chi connectivity index (χ0n) is 15.0. The van der Waals surface area contributed by atoms with Crippen LogP contribution in [-0.4, -0.2) is 63.8 Å². The Kier molecular flexibility index (Phi) is 11.6. The highest BCUT2D eigenvalue weighted by Gasteiger charge is 2.22. The van der Waals surface area contributed by atoms with E-state index in [1.807, 2.05) is 25.1 Å². The molecule has 144 valence electrons. The number of carbonyl (C=O) groups is 1. The van der Waals surface area contributed by atoms with Gasteiger partial charge in [-0.15, -0.1) is 24.8 Å². The van der Waals surface area contributed by atoms with E-state index in [2.05, 4.69) is 15.5 Å². The van der Waals surface area contributed by atoms with Gasteiger partial charge in [-0.2, -0.15) is 0 Å². The van der Waals surface area contributed by atoms with E-state index in [1.165, 1.54) is 0 Å². The number of benzene rings is 1. The van der Waals surface area contributed by atoms with Gasteiger partial charge in [0.15, 0.2) is 11.5 Å². The van der Waals surface area contributed by atoms with Crippen molar-refractivity contribution in [1.82, 2.24) is 15.5 Å². The summed E-state index contributed by atoms with van der Waals surface area (Å²) in [6.07, 6.45) is 0.764. The lowest BCUT2D eigenvalue weighted by atomic mass is 10.1. The Hall–Kier alpha value is -1.21. The molecule has 2 rings (SSSR count). The summed E-state index contributed by atoms with van der Waals surface area (Å²) in [5, 5.41) is 6.32. The molecular formula is C17H29Cl2N3O3. The van der Waals surface area contributed by atoms with Crippen LogP contribution in [0.3, 0.4) is 0 Å². The normalized spacial score (nSPS) is 15.3. The predicted molar refractivity (Wildman–Crippen MR) is 105 cm³/mol. The van der Waals surface area contributed by atoms with E-state index < -0.39 is 0 Å². The molecule has 2 N–H and O–H groups in total. The quantitative estimate of drug-likeness (QED) is 0.734. The van der Waals surface area contributed by atoms with E-state index in [9.17, 15) is 4.79 Å². The number of hydrogen-bond donors (Lipinski definition) is 2. The molecule has 8 heteroatoms. The zero-order chi connectivity index (χ0) is 16.7. The van der Waals surface area contributed by atoms with Crippen molar-refractivity contribution < 1.29 is 14.3 Å². The number of piperazine rings is 1. The summed E-state index contributed by atoms with van der Waals surface area (Å²) in [4.78, 5) is 14.4. The largest absolute Gasteiger partial charge is 0.493 e. The molecule has 0 aliphatic carbocycles. The molecule has 0 saturated carbocycles. The molecule has 1 amide bonds. The maximum atomic E-state index is 12.2. The second kappa shape index (κ2) is 12.2. The van der Waals surface area contributed by atoms with Crippen LogP contribution < -0.4 is 20.1 Å². The molecule has 0 bridgehead atoms. The summed E-state index contributed by atoms with van der Waals surface area (Å²) in [7, 11) is 3.24. The lowest BCUT2D eigenvalue weighted by molar-refractivity contribution is -0.126. The van der Waals surface area contributed by atoms with Gasteiger partial charge in [-0.1, -0.05) is 6.07 Å². The Morgan fingerprint density at radius 1 is 1.20 bits per heavy atom. The van der Waals surface area contributed by atoms with Crippen molar-refractivity contribution in [2.45, 2.75) is 19.4 Å². The van der Waals surface area contributed by atoms with E-state index >= 15 is 0 Å². The first-order valence-electron chi connectivity index (χ1n) is 8.09. The minimum atomic E-state index is -0.0810. The number of amides is 1. The second-order valence-electron chi connectivity index (χ2n) is 5.69. The zero-order valence-corrected chi connectivity index (χ0v) is 16.7. The number of nitrogens with zero attached hydrogens (tertiary/aromatic N) is 1. The monoisotopic (exact) mass is 393 g/mol. The Morgan fingerprint density at radius 2 is 1.84 bits per heavy atom. The Labute approximate surface area is 162 Å². The third-order valence-electron chi connectivity index (χ3n) is 4.24. The van der Waals surface area contributed by atoms with Crippen molar-refractivity contribution in [3.05, 3.63) is 23.8 Å². The summed E-state index contributed by atoms with van der Waals surface area (Å²) in [5.74, 6) is 1.52. The summed E-state index contributed by atoms with van der Waals surface area (Å²) in [6.45, 7) is 6.32. The summed E-state index contributed by atoms with van der Waals surface area (Å²) in [5.41, 5.74) is 1.11. The number of halogens is 2. The van der Waals surface area contributed by atoms with E-state index in [4.69, 9.17) is 9.47 Å². The van der Waals surface area contributed by atoms with Crippen molar-refractivity contribution in [1.29, 1.82) is 0 Å². The highest BCUT2D eigenvalue weighted by atomic mass is 35.5. The van der Waals surface area contributed by atoms with Crippen LogP contribution in [0.2, 0.25) is 0 Å². The number of rotatable bonds is 7. The summed E-state index contributed by atoms with van der Waals surface area (Å²) >= 11 is 0.